The van der Waals surface area contributed by atoms with E-state index in [1.54, 1.807) is 42.8 Å². The molecule has 2 heterocycles. The molecule has 0 spiro atoms. The van der Waals surface area contributed by atoms with Gasteiger partial charge in [0.05, 0.1) is 0 Å². The highest BCUT2D eigenvalue weighted by atomic mass is 35.5. The number of alkyl halides is 3. The van der Waals surface area contributed by atoms with E-state index in [4.69, 9.17) is 11.6 Å². The zero-order chi connectivity index (χ0) is 19.5. The van der Waals surface area contributed by atoms with E-state index in [0.717, 1.165) is 23.8 Å². The van der Waals surface area contributed by atoms with Crippen molar-refractivity contribution in [2.45, 2.75) is 31.8 Å². The molecule has 0 fully saturated rings. The molecule has 2 rings (SSSR count). The second-order valence-electron chi connectivity index (χ2n) is 5.34. The molecular weight excluding hydrogens is 385 g/mol. The van der Waals surface area contributed by atoms with Gasteiger partial charge in [0.2, 0.25) is 0 Å². The largest absolute Gasteiger partial charge is 0.413 e. The van der Waals surface area contributed by atoms with Crippen LogP contribution in [-0.2, 0) is 0 Å². The summed E-state index contributed by atoms with van der Waals surface area (Å²) in [6.07, 6.45) is -1.92. The molecule has 0 saturated carbocycles. The van der Waals surface area contributed by atoms with E-state index < -0.39 is 11.7 Å². The summed E-state index contributed by atoms with van der Waals surface area (Å²) in [5, 5.41) is 0.316. The number of hydrogen-bond acceptors (Lipinski definition) is 4. The Labute approximate surface area is 159 Å². The molecule has 4 nitrogen and oxygen atoms in total. The van der Waals surface area contributed by atoms with E-state index in [-0.39, 0.29) is 0 Å². The minimum atomic E-state index is -4.42. The monoisotopic (exact) mass is 402 g/mol. The Hall–Kier alpha value is -1.80. The smallest absolute Gasteiger partial charge is 0.310 e. The van der Waals surface area contributed by atoms with Gasteiger partial charge in [0, 0.05) is 23.7 Å². The number of halogens is 4. The number of hydrogen-bond donors (Lipinski definition) is 0. The number of aliphatic imine (C=N–C) groups is 2. The molecular formula is C17H18ClF3N4S. The molecule has 0 aromatic carbocycles. The third-order valence-electron chi connectivity index (χ3n) is 3.53. The van der Waals surface area contributed by atoms with Crippen LogP contribution in [0.5, 0.6) is 0 Å². The minimum Gasteiger partial charge on any atom is -0.310 e. The van der Waals surface area contributed by atoms with E-state index in [9.17, 15) is 13.2 Å². The number of nitrogens with zero attached hydrogens (tertiary/aromatic N) is 4. The van der Waals surface area contributed by atoms with Gasteiger partial charge in [-0.05, 0) is 31.7 Å². The highest BCUT2D eigenvalue weighted by Gasteiger charge is 2.31. The van der Waals surface area contributed by atoms with Gasteiger partial charge in [0.15, 0.2) is 11.7 Å². The first kappa shape index (κ1) is 20.5. The van der Waals surface area contributed by atoms with Crippen molar-refractivity contribution in [1.29, 1.82) is 0 Å². The van der Waals surface area contributed by atoms with Crippen LogP contribution < -0.4 is 0 Å². The predicted molar refractivity (Wildman–Crippen MR) is 101 cm³/mol. The molecule has 0 bridgehead atoms. The van der Waals surface area contributed by atoms with Crippen molar-refractivity contribution in [2.24, 2.45) is 9.98 Å². The van der Waals surface area contributed by atoms with Gasteiger partial charge in [-0.1, -0.05) is 24.6 Å². The molecule has 1 aromatic rings. The summed E-state index contributed by atoms with van der Waals surface area (Å²) in [5.74, 6) is 1.65. The van der Waals surface area contributed by atoms with Crippen molar-refractivity contribution >= 4 is 35.0 Å². The van der Waals surface area contributed by atoms with Gasteiger partial charge < -0.3 is 4.90 Å². The number of amidine groups is 2. The maximum absolute atomic E-state index is 12.7. The molecule has 1 aromatic heterocycles. The van der Waals surface area contributed by atoms with Crippen LogP contribution in [-0.4, -0.2) is 40.5 Å². The topological polar surface area (TPSA) is 40.9 Å². The maximum atomic E-state index is 12.7. The van der Waals surface area contributed by atoms with Gasteiger partial charge in [0.25, 0.3) is 0 Å². The van der Waals surface area contributed by atoms with Crippen molar-refractivity contribution in [2.75, 3.05) is 12.8 Å². The molecule has 140 valence electrons. The van der Waals surface area contributed by atoms with Crippen LogP contribution in [0.1, 0.15) is 26.5 Å². The summed E-state index contributed by atoms with van der Waals surface area (Å²) in [6, 6.07) is 3.55. The fraction of sp³-hybridized carbons (Fsp3) is 0.353. The summed E-state index contributed by atoms with van der Waals surface area (Å²) in [5.41, 5.74) is 0.265. The Balaban J connectivity index is 2.48. The van der Waals surface area contributed by atoms with Crippen LogP contribution in [0.15, 0.2) is 50.6 Å². The predicted octanol–water partition coefficient (Wildman–Crippen LogP) is 5.31. The molecule has 9 heteroatoms. The number of pyridine rings is 1. The van der Waals surface area contributed by atoms with Crippen molar-refractivity contribution in [3.8, 4) is 0 Å². The Bertz CT molecular complexity index is 813. The standard InChI is InChI=1S/C17H18ClF3N4S/c1-5-11-15(22-9-10(3)17(19,20)21)25(4)16(23-11)14-12(26-6-2)7-8-13(18)24-14/h5,7-9H,6H2,1-4H3/b10-9+,11-5+,22-15-. The number of allylic oxidation sites excluding steroid dienone is 2. The van der Waals surface area contributed by atoms with E-state index in [2.05, 4.69) is 15.0 Å². The molecule has 0 unspecified atom stereocenters. The van der Waals surface area contributed by atoms with E-state index in [0.29, 0.717) is 28.2 Å². The first-order valence-electron chi connectivity index (χ1n) is 7.79. The van der Waals surface area contributed by atoms with Crippen molar-refractivity contribution in [1.82, 2.24) is 9.88 Å². The van der Waals surface area contributed by atoms with Gasteiger partial charge in [-0.15, -0.1) is 11.8 Å². The average molecular weight is 403 g/mol. The van der Waals surface area contributed by atoms with Crippen LogP contribution in [0, 0.1) is 0 Å². The normalized spacial score (nSPS) is 18.8. The lowest BCUT2D eigenvalue weighted by Gasteiger charge is -2.16. The Morgan fingerprint density at radius 2 is 2.08 bits per heavy atom. The lowest BCUT2D eigenvalue weighted by molar-refractivity contribution is -0.0914. The zero-order valence-electron chi connectivity index (χ0n) is 14.7. The second kappa shape index (κ2) is 8.26. The third kappa shape index (κ3) is 4.48. The van der Waals surface area contributed by atoms with Crippen LogP contribution in [0.4, 0.5) is 13.2 Å². The first-order valence-corrected chi connectivity index (χ1v) is 9.16. The quantitative estimate of drug-likeness (QED) is 0.506. The van der Waals surface area contributed by atoms with Crippen LogP contribution in [0.3, 0.4) is 0 Å². The lowest BCUT2D eigenvalue weighted by atomic mass is 10.3. The highest BCUT2D eigenvalue weighted by Crippen LogP contribution is 2.29. The second-order valence-corrected chi connectivity index (χ2v) is 7.04. The minimum absolute atomic E-state index is 0.316. The van der Waals surface area contributed by atoms with E-state index in [1.165, 1.54) is 0 Å². The maximum Gasteiger partial charge on any atom is 0.413 e. The fourth-order valence-corrected chi connectivity index (χ4v) is 3.05. The molecule has 0 N–H and O–H groups in total. The molecule has 0 radical (unpaired) electrons. The van der Waals surface area contributed by atoms with Gasteiger partial charge in [-0.25, -0.2) is 15.0 Å². The SMILES string of the molecule is C/C=C1/N=C(c2nc(Cl)ccc2SCC)N(C)/C1=N\C=C(/C)C(F)(F)F. The van der Waals surface area contributed by atoms with Crippen LogP contribution >= 0.6 is 23.4 Å². The van der Waals surface area contributed by atoms with E-state index >= 15 is 0 Å². The Morgan fingerprint density at radius 1 is 1.38 bits per heavy atom. The van der Waals surface area contributed by atoms with Crippen molar-refractivity contribution < 1.29 is 13.2 Å². The average Bonchev–Trinajstić information content (AvgIpc) is 2.89. The molecule has 0 atom stereocenters. The summed E-state index contributed by atoms with van der Waals surface area (Å²) >= 11 is 7.61. The van der Waals surface area contributed by atoms with Crippen LogP contribution in [0.2, 0.25) is 5.15 Å². The summed E-state index contributed by atoms with van der Waals surface area (Å²) < 4.78 is 38.1. The zero-order valence-corrected chi connectivity index (χ0v) is 16.3. The van der Waals surface area contributed by atoms with Crippen molar-refractivity contribution in [3.63, 3.8) is 0 Å². The van der Waals surface area contributed by atoms with Crippen molar-refractivity contribution in [3.05, 3.63) is 46.5 Å². The van der Waals surface area contributed by atoms with E-state index in [1.807, 2.05) is 13.0 Å². The van der Waals surface area contributed by atoms with Crippen LogP contribution in [0.25, 0.3) is 0 Å². The highest BCUT2D eigenvalue weighted by molar-refractivity contribution is 7.99. The molecule has 0 amide bonds. The molecule has 0 saturated heterocycles. The number of likely N-dealkylation sites (N-methyl/N-ethyl adjacent to an activating group) is 1. The Morgan fingerprint density at radius 3 is 2.65 bits per heavy atom. The first-order chi connectivity index (χ1) is 12.2. The number of aromatic nitrogens is 1. The molecule has 1 aliphatic rings. The van der Waals surface area contributed by atoms with Gasteiger partial charge in [-0.2, -0.15) is 13.2 Å². The third-order valence-corrected chi connectivity index (χ3v) is 4.67. The van der Waals surface area contributed by atoms with Gasteiger partial charge >= 0.3 is 6.18 Å². The van der Waals surface area contributed by atoms with Gasteiger partial charge in [-0.3, -0.25) is 0 Å². The summed E-state index contributed by atoms with van der Waals surface area (Å²) in [4.78, 5) is 15.4. The van der Waals surface area contributed by atoms with Gasteiger partial charge in [0.1, 0.15) is 16.5 Å². The number of thioether (sulfide) groups is 1. The number of rotatable bonds is 4. The summed E-state index contributed by atoms with van der Waals surface area (Å²) in [7, 11) is 1.69. The molecule has 1 aliphatic heterocycles. The summed E-state index contributed by atoms with van der Waals surface area (Å²) in [6.45, 7) is 4.74. The fourth-order valence-electron chi connectivity index (χ4n) is 2.16. The molecule has 26 heavy (non-hydrogen) atoms. The Kier molecular flexibility index (Phi) is 6.52. The lowest BCUT2D eigenvalue weighted by Crippen LogP contribution is -2.29. The molecule has 0 aliphatic carbocycles.